The fourth-order valence-corrected chi connectivity index (χ4v) is 4.94. The minimum Gasteiger partial charge on any atom is -0.333 e. The number of thiazole rings is 1. The summed E-state index contributed by atoms with van der Waals surface area (Å²) in [6.07, 6.45) is 2.76. The lowest BCUT2D eigenvalue weighted by Crippen LogP contribution is -2.35. The number of hydrogen-bond donors (Lipinski definition) is 0. The Morgan fingerprint density at radius 3 is 2.57 bits per heavy atom. The van der Waals surface area contributed by atoms with E-state index >= 15 is 0 Å². The first-order valence-corrected chi connectivity index (χ1v) is 10.5. The molecule has 0 saturated heterocycles. The molecule has 0 unspecified atom stereocenters. The van der Waals surface area contributed by atoms with Gasteiger partial charge in [-0.2, -0.15) is 0 Å². The molecule has 0 spiro atoms. The number of carbonyl (C=O) groups is 1. The van der Waals surface area contributed by atoms with Gasteiger partial charge in [0.25, 0.3) is 11.6 Å². The number of nitro groups is 1. The van der Waals surface area contributed by atoms with Crippen molar-refractivity contribution in [2.24, 2.45) is 0 Å². The summed E-state index contributed by atoms with van der Waals surface area (Å²) in [4.78, 5) is 31.7. The summed E-state index contributed by atoms with van der Waals surface area (Å²) in [7, 11) is 0. The van der Waals surface area contributed by atoms with Gasteiger partial charge in [-0.05, 0) is 24.3 Å². The molecule has 0 fully saturated rings. The maximum atomic E-state index is 12.8. The van der Waals surface area contributed by atoms with E-state index < -0.39 is 4.92 Å². The SMILES string of the molecule is O=C(c1ccc([N+](=O)[O-])cc1)N1CCc2c(sc3nc(-c4ccc(Cl)cc4)cn23)C1. The number of halogens is 1. The lowest BCUT2D eigenvalue weighted by Gasteiger charge is -2.26. The number of benzene rings is 2. The first-order chi connectivity index (χ1) is 14.5. The van der Waals surface area contributed by atoms with Crippen molar-refractivity contribution in [1.82, 2.24) is 14.3 Å². The van der Waals surface area contributed by atoms with Gasteiger partial charge in [-0.3, -0.25) is 19.3 Å². The van der Waals surface area contributed by atoms with Gasteiger partial charge in [0.2, 0.25) is 0 Å². The second-order valence-electron chi connectivity index (χ2n) is 7.04. The van der Waals surface area contributed by atoms with Gasteiger partial charge in [0.05, 0.1) is 17.2 Å². The molecule has 1 amide bonds. The molecule has 5 rings (SSSR count). The number of rotatable bonds is 3. The van der Waals surface area contributed by atoms with Crippen molar-refractivity contribution in [1.29, 1.82) is 0 Å². The topological polar surface area (TPSA) is 80.8 Å². The molecule has 0 saturated carbocycles. The number of amides is 1. The first-order valence-electron chi connectivity index (χ1n) is 9.29. The minimum absolute atomic E-state index is 0.0246. The Morgan fingerprint density at radius 1 is 1.13 bits per heavy atom. The number of hydrogen-bond acceptors (Lipinski definition) is 5. The predicted molar refractivity (Wildman–Crippen MR) is 115 cm³/mol. The molecule has 0 radical (unpaired) electrons. The molecule has 4 aromatic rings. The third kappa shape index (κ3) is 3.24. The van der Waals surface area contributed by atoms with Crippen LogP contribution in [0.4, 0.5) is 5.69 Å². The van der Waals surface area contributed by atoms with Crippen LogP contribution in [0.3, 0.4) is 0 Å². The highest BCUT2D eigenvalue weighted by Crippen LogP contribution is 2.32. The first kappa shape index (κ1) is 18.8. The highest BCUT2D eigenvalue weighted by Gasteiger charge is 2.26. The van der Waals surface area contributed by atoms with Crippen molar-refractivity contribution in [3.8, 4) is 11.3 Å². The Hall–Kier alpha value is -3.23. The summed E-state index contributed by atoms with van der Waals surface area (Å²) >= 11 is 7.55. The third-order valence-electron chi connectivity index (χ3n) is 5.21. The van der Waals surface area contributed by atoms with E-state index in [0.29, 0.717) is 23.7 Å². The molecular formula is C21H15ClN4O3S. The summed E-state index contributed by atoms with van der Waals surface area (Å²) in [6, 6.07) is 13.3. The van der Waals surface area contributed by atoms with Gasteiger partial charge in [-0.1, -0.05) is 35.1 Å². The zero-order valence-corrected chi connectivity index (χ0v) is 17.2. The van der Waals surface area contributed by atoms with E-state index in [9.17, 15) is 14.9 Å². The molecule has 2 aromatic heterocycles. The van der Waals surface area contributed by atoms with Gasteiger partial charge in [0.1, 0.15) is 0 Å². The maximum absolute atomic E-state index is 12.8. The normalized spacial score (nSPS) is 13.4. The van der Waals surface area contributed by atoms with Crippen LogP contribution in [0.25, 0.3) is 16.2 Å². The number of aromatic nitrogens is 2. The van der Waals surface area contributed by atoms with Crippen LogP contribution in [0.15, 0.2) is 54.7 Å². The van der Waals surface area contributed by atoms with Gasteiger partial charge in [0.15, 0.2) is 4.96 Å². The van der Waals surface area contributed by atoms with E-state index in [1.807, 2.05) is 30.5 Å². The van der Waals surface area contributed by atoms with Gasteiger partial charge in [0, 0.05) is 58.0 Å². The Kier molecular flexibility index (Phi) is 4.52. The van der Waals surface area contributed by atoms with Crippen molar-refractivity contribution < 1.29 is 9.72 Å². The molecule has 9 heteroatoms. The Bertz CT molecular complexity index is 1280. The molecule has 2 aromatic carbocycles. The Balaban J connectivity index is 1.39. The lowest BCUT2D eigenvalue weighted by atomic mass is 10.1. The van der Waals surface area contributed by atoms with Crippen LogP contribution in [-0.2, 0) is 13.0 Å². The number of carbonyl (C=O) groups excluding carboxylic acids is 1. The zero-order chi connectivity index (χ0) is 20.8. The van der Waals surface area contributed by atoms with Gasteiger partial charge in [-0.25, -0.2) is 4.98 Å². The van der Waals surface area contributed by atoms with Gasteiger partial charge < -0.3 is 4.90 Å². The smallest absolute Gasteiger partial charge is 0.269 e. The Morgan fingerprint density at radius 2 is 1.87 bits per heavy atom. The van der Waals surface area contributed by atoms with Crippen molar-refractivity contribution in [2.45, 2.75) is 13.0 Å². The van der Waals surface area contributed by atoms with Crippen molar-refractivity contribution in [3.63, 3.8) is 0 Å². The molecular weight excluding hydrogens is 424 g/mol. The van der Waals surface area contributed by atoms with Crippen LogP contribution in [0, 0.1) is 10.1 Å². The van der Waals surface area contributed by atoms with Crippen molar-refractivity contribution in [3.05, 3.63) is 86.0 Å². The molecule has 1 aliphatic rings. The van der Waals surface area contributed by atoms with Gasteiger partial charge in [-0.15, -0.1) is 0 Å². The number of nitro benzene ring substituents is 1. The second-order valence-corrected chi connectivity index (χ2v) is 8.54. The van der Waals surface area contributed by atoms with E-state index in [4.69, 9.17) is 16.6 Å². The van der Waals surface area contributed by atoms with Crippen molar-refractivity contribution in [2.75, 3.05) is 6.54 Å². The van der Waals surface area contributed by atoms with E-state index in [2.05, 4.69) is 4.40 Å². The average molecular weight is 439 g/mol. The average Bonchev–Trinajstić information content (AvgIpc) is 3.31. The summed E-state index contributed by atoms with van der Waals surface area (Å²) in [5.41, 5.74) is 3.51. The van der Waals surface area contributed by atoms with Crippen LogP contribution in [0.5, 0.6) is 0 Å². The van der Waals surface area contributed by atoms with Crippen LogP contribution < -0.4 is 0 Å². The van der Waals surface area contributed by atoms with Crippen molar-refractivity contribution >= 4 is 39.5 Å². The van der Waals surface area contributed by atoms with Crippen LogP contribution in [-0.4, -0.2) is 31.7 Å². The largest absolute Gasteiger partial charge is 0.333 e. The number of imidazole rings is 1. The number of nitrogens with zero attached hydrogens (tertiary/aromatic N) is 4. The summed E-state index contributed by atoms with van der Waals surface area (Å²) in [5.74, 6) is -0.122. The number of fused-ring (bicyclic) bond motifs is 3. The number of non-ortho nitro benzene ring substituents is 1. The van der Waals surface area contributed by atoms with Crippen LogP contribution in [0.2, 0.25) is 5.02 Å². The second kappa shape index (κ2) is 7.23. The van der Waals surface area contributed by atoms with E-state index in [-0.39, 0.29) is 11.6 Å². The quantitative estimate of drug-likeness (QED) is 0.339. The molecule has 0 aliphatic carbocycles. The monoisotopic (exact) mass is 438 g/mol. The molecule has 7 nitrogen and oxygen atoms in total. The van der Waals surface area contributed by atoms with E-state index in [1.165, 1.54) is 30.0 Å². The molecule has 0 atom stereocenters. The molecule has 1 aliphatic heterocycles. The van der Waals surface area contributed by atoms with Crippen LogP contribution >= 0.6 is 22.9 Å². The highest BCUT2D eigenvalue weighted by atomic mass is 35.5. The summed E-state index contributed by atoms with van der Waals surface area (Å²) < 4.78 is 2.11. The minimum atomic E-state index is -0.471. The molecule has 0 N–H and O–H groups in total. The highest BCUT2D eigenvalue weighted by molar-refractivity contribution is 7.17. The fraction of sp³-hybridized carbons (Fsp3) is 0.143. The predicted octanol–water partition coefficient (Wildman–Crippen LogP) is 4.82. The Labute approximate surface area is 180 Å². The molecule has 3 heterocycles. The van der Waals surface area contributed by atoms with Gasteiger partial charge >= 0.3 is 0 Å². The standard InChI is InChI=1S/C21H15ClN4O3S/c22-15-5-1-13(2-6-15)17-11-25-18-9-10-24(12-19(18)30-21(25)23-17)20(27)14-3-7-16(8-4-14)26(28)29/h1-8,11H,9-10,12H2. The van der Waals surface area contributed by atoms with E-state index in [0.717, 1.165) is 27.5 Å². The lowest BCUT2D eigenvalue weighted by molar-refractivity contribution is -0.384. The molecule has 30 heavy (non-hydrogen) atoms. The maximum Gasteiger partial charge on any atom is 0.269 e. The molecule has 0 bridgehead atoms. The summed E-state index contributed by atoms with van der Waals surface area (Å²) in [5, 5.41) is 11.5. The van der Waals surface area contributed by atoms with Crippen LogP contribution in [0.1, 0.15) is 20.9 Å². The summed E-state index contributed by atoms with van der Waals surface area (Å²) in [6.45, 7) is 1.10. The van der Waals surface area contributed by atoms with E-state index in [1.54, 1.807) is 16.2 Å². The molecule has 150 valence electrons. The fourth-order valence-electron chi connectivity index (χ4n) is 3.65. The third-order valence-corrected chi connectivity index (χ3v) is 6.54. The zero-order valence-electron chi connectivity index (χ0n) is 15.6.